The predicted octanol–water partition coefficient (Wildman–Crippen LogP) is 6.69. The Morgan fingerprint density at radius 1 is 0.947 bits per heavy atom. The Balaban J connectivity index is 0.00000507. The summed E-state index contributed by atoms with van der Waals surface area (Å²) >= 11 is 0. The number of carbonyl (C=O) groups excluding carboxylic acids is 2. The Bertz CT molecular complexity index is 1150. The van der Waals surface area contributed by atoms with E-state index in [4.69, 9.17) is 10.6 Å². The number of nitrogens with two attached hydrogens (primary N) is 1. The van der Waals surface area contributed by atoms with Crippen LogP contribution in [0.25, 0.3) is 11.6 Å². The summed E-state index contributed by atoms with van der Waals surface area (Å²) in [6.45, 7) is 0.451. The maximum absolute atomic E-state index is 13.1. The fraction of sp³-hybridized carbons (Fsp3) is 0.385. The summed E-state index contributed by atoms with van der Waals surface area (Å²) in [6, 6.07) is 5.91. The molecule has 0 spiro atoms. The molecule has 1 aliphatic rings. The molecule has 0 amide bonds. The molecule has 0 atom stereocenters. The van der Waals surface area contributed by atoms with Crippen molar-refractivity contribution < 1.29 is 61.8 Å². The summed E-state index contributed by atoms with van der Waals surface area (Å²) in [5.74, 6) is -0.0524. The minimum atomic E-state index is -4.97. The molecule has 0 saturated carbocycles. The first-order chi connectivity index (χ1) is 17.4. The molecular weight excluding hydrogens is 686 g/mol. The van der Waals surface area contributed by atoms with Crippen molar-refractivity contribution in [3.8, 4) is 5.75 Å². The zero-order chi connectivity index (χ0) is 27.2. The average molecular weight is 711 g/mol. The number of rotatable bonds is 10. The summed E-state index contributed by atoms with van der Waals surface area (Å²) in [5, 5.41) is 0. The maximum atomic E-state index is 13.1. The normalized spacial score (nSPS) is 14.7. The minimum Gasteiger partial charge on any atom is -0.587 e. The molecule has 0 unspecified atom stereocenters. The number of nitrogens with zero attached hydrogens (tertiary/aromatic N) is 1. The van der Waals surface area contributed by atoms with Gasteiger partial charge in [-0.25, -0.2) is 0 Å². The molecule has 0 bridgehead atoms. The molecule has 0 radical (unpaired) electrons. The Kier molecular flexibility index (Phi) is 11.3. The second-order valence-corrected chi connectivity index (χ2v) is 8.65. The molecule has 12 heteroatoms. The van der Waals surface area contributed by atoms with E-state index >= 15 is 0 Å². The molecule has 0 heterocycles. The zero-order valence-corrected chi connectivity index (χ0v) is 23.1. The average Bonchev–Trinajstić information content (AvgIpc) is 2.83. The molecule has 2 aromatic carbocycles. The van der Waals surface area contributed by atoms with E-state index in [1.165, 1.54) is 12.1 Å². The third-order valence-corrected chi connectivity index (χ3v) is 5.83. The van der Waals surface area contributed by atoms with Gasteiger partial charge in [0.2, 0.25) is 0 Å². The van der Waals surface area contributed by atoms with Gasteiger partial charge in [0, 0.05) is 38.6 Å². The van der Waals surface area contributed by atoms with Crippen LogP contribution in [0.5, 0.6) is 5.75 Å². The van der Waals surface area contributed by atoms with Crippen molar-refractivity contribution in [1.82, 2.24) is 0 Å². The third-order valence-electron chi connectivity index (χ3n) is 5.83. The summed E-state index contributed by atoms with van der Waals surface area (Å²) < 4.78 is 78.9. The number of hydroxylamine groups is 1. The van der Waals surface area contributed by atoms with Crippen LogP contribution in [-0.4, -0.2) is 24.7 Å². The predicted molar refractivity (Wildman–Crippen MR) is 125 cm³/mol. The third kappa shape index (κ3) is 8.78. The van der Waals surface area contributed by atoms with Crippen LogP contribution < -0.4 is 10.6 Å². The van der Waals surface area contributed by atoms with Gasteiger partial charge in [0.15, 0.2) is 5.78 Å². The summed E-state index contributed by atoms with van der Waals surface area (Å²) in [5.41, 5.74) is 7.08. The second kappa shape index (κ2) is 13.5. The van der Waals surface area contributed by atoms with Crippen LogP contribution in [0.2, 0.25) is 0 Å². The molecule has 2 aromatic rings. The van der Waals surface area contributed by atoms with Gasteiger partial charge in [0.25, 0.3) is 0 Å². The number of carbonyl (C=O) groups is 2. The molecule has 0 fully saturated rings. The molecule has 0 aromatic heterocycles. The standard InChI is InChI=1S/C26H25F6N2O3.W/c27-25(28,29)19-11-16(12-20(14-19)26(30,31)32)10-18-6-5-17-13-22(7-8-23(17)24(18)36)37-34-9-3-1-2-4-21(35)15-33;/h7-8,10-14H,1-6,9,15,33H2;/q-1;/b18-10+;. The van der Waals surface area contributed by atoms with Crippen LogP contribution in [0.1, 0.15) is 64.7 Å². The van der Waals surface area contributed by atoms with Gasteiger partial charge < -0.3 is 16.1 Å². The van der Waals surface area contributed by atoms with E-state index in [-0.39, 0.29) is 57.0 Å². The topological polar surface area (TPSA) is 83.5 Å². The second-order valence-electron chi connectivity index (χ2n) is 8.65. The van der Waals surface area contributed by atoms with Crippen LogP contribution >= 0.6 is 0 Å². The number of alkyl halides is 6. The Morgan fingerprint density at radius 3 is 2.21 bits per heavy atom. The molecule has 38 heavy (non-hydrogen) atoms. The van der Waals surface area contributed by atoms with E-state index in [9.17, 15) is 35.9 Å². The van der Waals surface area contributed by atoms with Gasteiger partial charge in [-0.3, -0.25) is 9.59 Å². The Morgan fingerprint density at radius 2 is 1.61 bits per heavy atom. The smallest absolute Gasteiger partial charge is 0.416 e. The molecule has 0 saturated heterocycles. The number of hydrogen-bond acceptors (Lipinski definition) is 4. The molecule has 3 rings (SSSR count). The van der Waals surface area contributed by atoms with E-state index in [2.05, 4.69) is 5.48 Å². The van der Waals surface area contributed by atoms with Crippen LogP contribution in [0, 0.1) is 0 Å². The van der Waals surface area contributed by atoms with Crippen molar-refractivity contribution in [3.63, 3.8) is 0 Å². The van der Waals surface area contributed by atoms with Crippen molar-refractivity contribution in [3.05, 3.63) is 75.3 Å². The van der Waals surface area contributed by atoms with Crippen molar-refractivity contribution >= 4 is 17.6 Å². The SMILES string of the molecule is NCC(=O)CCCCC[N-]Oc1ccc2c(c1)CC/C(=C\c1cc(C(F)(F)F)cc(C(F)(F)F)c1)C2=O.[W]. The number of unbranched alkanes of at least 4 members (excludes halogenated alkanes) is 2. The number of fused-ring (bicyclic) bond motifs is 1. The van der Waals surface area contributed by atoms with Crippen LogP contribution in [0.3, 0.4) is 0 Å². The van der Waals surface area contributed by atoms with E-state index in [0.717, 1.165) is 25.3 Å². The number of ketones is 2. The molecular formula is C26H25F6N2O3W-. The number of aryl methyl sites for hydroxylation is 1. The van der Waals surface area contributed by atoms with Crippen molar-refractivity contribution in [1.29, 1.82) is 0 Å². The monoisotopic (exact) mass is 711 g/mol. The van der Waals surface area contributed by atoms with E-state index in [1.54, 1.807) is 6.07 Å². The largest absolute Gasteiger partial charge is 0.587 e. The maximum Gasteiger partial charge on any atom is 0.416 e. The van der Waals surface area contributed by atoms with Gasteiger partial charge in [-0.15, -0.1) is 6.54 Å². The first-order valence-electron chi connectivity index (χ1n) is 11.6. The van der Waals surface area contributed by atoms with Gasteiger partial charge in [0.1, 0.15) is 11.5 Å². The Hall–Kier alpha value is -2.49. The summed E-state index contributed by atoms with van der Waals surface area (Å²) in [7, 11) is 0. The van der Waals surface area contributed by atoms with Gasteiger partial charge in [0.05, 0.1) is 17.7 Å². The van der Waals surface area contributed by atoms with Crippen LogP contribution in [-0.2, 0) is 44.6 Å². The molecule has 1 aliphatic carbocycles. The van der Waals surface area contributed by atoms with Gasteiger partial charge in [-0.1, -0.05) is 12.8 Å². The number of halogens is 6. The fourth-order valence-corrected chi connectivity index (χ4v) is 3.91. The van der Waals surface area contributed by atoms with Gasteiger partial charge >= 0.3 is 12.4 Å². The van der Waals surface area contributed by atoms with Crippen molar-refractivity contribution in [2.75, 3.05) is 13.1 Å². The van der Waals surface area contributed by atoms with Crippen LogP contribution in [0.4, 0.5) is 26.3 Å². The van der Waals surface area contributed by atoms with E-state index in [1.807, 2.05) is 0 Å². The fourth-order valence-electron chi connectivity index (χ4n) is 3.91. The van der Waals surface area contributed by atoms with Crippen molar-refractivity contribution in [2.24, 2.45) is 5.73 Å². The first kappa shape index (κ1) is 31.7. The quantitative estimate of drug-likeness (QED) is 0.129. The zero-order valence-electron chi connectivity index (χ0n) is 20.1. The summed E-state index contributed by atoms with van der Waals surface area (Å²) in [4.78, 5) is 29.4. The van der Waals surface area contributed by atoms with Crippen molar-refractivity contribution in [2.45, 2.75) is 50.9 Å². The number of allylic oxidation sites excluding steroid dienone is 1. The number of hydrogen-bond donors (Lipinski definition) is 1. The van der Waals surface area contributed by atoms with E-state index in [0.29, 0.717) is 48.4 Å². The molecule has 206 valence electrons. The molecule has 5 nitrogen and oxygen atoms in total. The minimum absolute atomic E-state index is 0. The van der Waals surface area contributed by atoms with Gasteiger partial charge in [-0.05, 0) is 72.9 Å². The molecule has 0 aliphatic heterocycles. The van der Waals surface area contributed by atoms with E-state index < -0.39 is 29.3 Å². The summed E-state index contributed by atoms with van der Waals surface area (Å²) in [6.07, 6.45) is -5.69. The van der Waals surface area contributed by atoms with Crippen LogP contribution in [0.15, 0.2) is 42.0 Å². The molecule has 2 N–H and O–H groups in total. The number of Topliss-reactive ketones (excluding diaryl/α,β-unsaturated/α-hetero) is 2. The Labute approximate surface area is 230 Å². The number of benzene rings is 2. The first-order valence-corrected chi connectivity index (χ1v) is 11.6. The van der Waals surface area contributed by atoms with Gasteiger partial charge in [-0.2, -0.15) is 26.3 Å².